The van der Waals surface area contributed by atoms with Gasteiger partial charge in [-0.25, -0.2) is 0 Å². The minimum absolute atomic E-state index is 0.0454. The van der Waals surface area contributed by atoms with Crippen molar-refractivity contribution in [3.63, 3.8) is 0 Å². The maximum absolute atomic E-state index is 11.7. The van der Waals surface area contributed by atoms with Gasteiger partial charge in [-0.2, -0.15) is 0 Å². The number of hydrogen-bond donors (Lipinski definition) is 1. The van der Waals surface area contributed by atoms with Crippen molar-refractivity contribution in [2.75, 3.05) is 17.3 Å². The fourth-order valence-electron chi connectivity index (χ4n) is 1.34. The molecular formula is C12H12BrN3OS3. The second-order valence-electron chi connectivity index (χ2n) is 3.74. The first kappa shape index (κ1) is 15.8. The molecule has 2 aromatic rings. The molecule has 0 unspecified atom stereocenters. The molecule has 0 aliphatic carbocycles. The van der Waals surface area contributed by atoms with Crippen molar-refractivity contribution < 1.29 is 4.79 Å². The van der Waals surface area contributed by atoms with Crippen molar-refractivity contribution in [2.24, 2.45) is 0 Å². The highest BCUT2D eigenvalue weighted by atomic mass is 79.9. The number of nitrogens with one attached hydrogen (secondary N) is 1. The van der Waals surface area contributed by atoms with E-state index in [1.807, 2.05) is 30.5 Å². The number of halogens is 1. The van der Waals surface area contributed by atoms with Crippen molar-refractivity contribution in [3.8, 4) is 0 Å². The Morgan fingerprint density at radius 3 is 2.75 bits per heavy atom. The highest BCUT2D eigenvalue weighted by Gasteiger charge is 2.07. The average Bonchev–Trinajstić information content (AvgIpc) is 2.88. The topological polar surface area (TPSA) is 54.9 Å². The first-order valence-electron chi connectivity index (χ1n) is 5.67. The van der Waals surface area contributed by atoms with E-state index in [1.165, 1.54) is 28.7 Å². The highest BCUT2D eigenvalue weighted by molar-refractivity contribution is 9.10. The molecule has 0 aliphatic heterocycles. The van der Waals surface area contributed by atoms with E-state index in [2.05, 4.69) is 31.4 Å². The zero-order chi connectivity index (χ0) is 14.4. The molecule has 1 amide bonds. The summed E-state index contributed by atoms with van der Waals surface area (Å²) in [4.78, 5) is 11.7. The molecule has 20 heavy (non-hydrogen) atoms. The smallest absolute Gasteiger partial charge is 0.236 e. The molecule has 0 spiro atoms. The van der Waals surface area contributed by atoms with Crippen LogP contribution in [0.15, 0.2) is 33.1 Å². The quantitative estimate of drug-likeness (QED) is 0.599. The fourth-order valence-corrected chi connectivity index (χ4v) is 3.58. The van der Waals surface area contributed by atoms with E-state index in [0.29, 0.717) is 10.9 Å². The van der Waals surface area contributed by atoms with Gasteiger partial charge < -0.3 is 0 Å². The summed E-state index contributed by atoms with van der Waals surface area (Å²) in [5.74, 6) is 1.17. The number of nitrogens with zero attached hydrogens (tertiary/aromatic N) is 2. The van der Waals surface area contributed by atoms with Gasteiger partial charge in [-0.1, -0.05) is 51.2 Å². The first-order chi connectivity index (χ1) is 9.67. The third kappa shape index (κ3) is 5.08. The lowest BCUT2D eigenvalue weighted by atomic mass is 10.2. The van der Waals surface area contributed by atoms with E-state index in [0.717, 1.165) is 14.6 Å². The summed E-state index contributed by atoms with van der Waals surface area (Å²) in [6, 6.07) is 8.09. The van der Waals surface area contributed by atoms with Gasteiger partial charge in [0.05, 0.1) is 5.75 Å². The molecule has 2 rings (SSSR count). The Bertz CT molecular complexity index is 574. The Balaban J connectivity index is 1.73. The van der Waals surface area contributed by atoms with Gasteiger partial charge >= 0.3 is 0 Å². The Morgan fingerprint density at radius 1 is 1.35 bits per heavy atom. The molecule has 0 bridgehead atoms. The van der Waals surface area contributed by atoms with Crippen LogP contribution in [0.4, 0.5) is 5.13 Å². The van der Waals surface area contributed by atoms with Gasteiger partial charge in [0.15, 0.2) is 4.34 Å². The second kappa shape index (κ2) is 8.02. The second-order valence-corrected chi connectivity index (χ2v) is 7.68. The third-order valence-corrected chi connectivity index (χ3v) is 5.59. The molecule has 4 nitrogen and oxygen atoms in total. The molecule has 8 heteroatoms. The van der Waals surface area contributed by atoms with Crippen LogP contribution in [0.3, 0.4) is 0 Å². The molecule has 1 aromatic heterocycles. The van der Waals surface area contributed by atoms with Gasteiger partial charge in [-0.05, 0) is 24.0 Å². The largest absolute Gasteiger partial charge is 0.300 e. The Kier molecular flexibility index (Phi) is 6.34. The average molecular weight is 390 g/mol. The summed E-state index contributed by atoms with van der Waals surface area (Å²) in [5.41, 5.74) is 1.20. The fraction of sp³-hybridized carbons (Fsp3) is 0.250. The number of rotatable bonds is 6. The van der Waals surface area contributed by atoms with Crippen LogP contribution in [-0.4, -0.2) is 28.1 Å². The molecule has 0 fully saturated rings. The number of aromatic nitrogens is 2. The monoisotopic (exact) mass is 389 g/mol. The number of anilines is 1. The Morgan fingerprint density at radius 2 is 2.10 bits per heavy atom. The van der Waals surface area contributed by atoms with Crippen molar-refractivity contribution in [1.29, 1.82) is 0 Å². The molecule has 0 saturated carbocycles. The van der Waals surface area contributed by atoms with Crippen molar-refractivity contribution in [2.45, 2.75) is 10.1 Å². The number of carbonyl (C=O) groups is 1. The normalized spacial score (nSPS) is 10.5. The molecule has 1 aromatic carbocycles. The predicted molar refractivity (Wildman–Crippen MR) is 90.6 cm³/mol. The van der Waals surface area contributed by atoms with Gasteiger partial charge in [0.2, 0.25) is 11.0 Å². The van der Waals surface area contributed by atoms with Gasteiger partial charge in [-0.15, -0.1) is 22.0 Å². The molecule has 0 radical (unpaired) electrons. The number of carbonyl (C=O) groups excluding carboxylic acids is 1. The number of hydrogen-bond acceptors (Lipinski definition) is 6. The molecule has 0 atom stereocenters. The lowest BCUT2D eigenvalue weighted by Crippen LogP contribution is -2.13. The van der Waals surface area contributed by atoms with Gasteiger partial charge in [-0.3, -0.25) is 10.1 Å². The minimum Gasteiger partial charge on any atom is -0.300 e. The van der Waals surface area contributed by atoms with E-state index < -0.39 is 0 Å². The zero-order valence-corrected chi connectivity index (χ0v) is 14.7. The number of benzene rings is 1. The summed E-state index contributed by atoms with van der Waals surface area (Å²) in [6.45, 7) is 0. The molecule has 1 heterocycles. The maximum Gasteiger partial charge on any atom is 0.236 e. The van der Waals surface area contributed by atoms with Crippen LogP contribution < -0.4 is 5.32 Å². The summed E-state index contributed by atoms with van der Waals surface area (Å²) in [5, 5.41) is 11.1. The molecular weight excluding hydrogens is 378 g/mol. The van der Waals surface area contributed by atoms with Gasteiger partial charge in [0, 0.05) is 10.2 Å². The lowest BCUT2D eigenvalue weighted by molar-refractivity contribution is -0.113. The van der Waals surface area contributed by atoms with Gasteiger partial charge in [0.25, 0.3) is 0 Å². The van der Waals surface area contributed by atoms with Gasteiger partial charge in [0.1, 0.15) is 0 Å². The van der Waals surface area contributed by atoms with Crippen LogP contribution >= 0.6 is 50.8 Å². The minimum atomic E-state index is -0.0454. The van der Waals surface area contributed by atoms with Crippen LogP contribution in [0.25, 0.3) is 0 Å². The highest BCUT2D eigenvalue weighted by Crippen LogP contribution is 2.23. The standard InChI is InChI=1S/C12H12BrN3OS3/c1-18-12-16-15-11(20-12)14-10(17)7-19-6-8-2-4-9(13)5-3-8/h2-5H,6-7H2,1H3,(H,14,15,17). The Hall–Kier alpha value is -0.570. The molecule has 106 valence electrons. The summed E-state index contributed by atoms with van der Waals surface area (Å²) in [7, 11) is 0. The van der Waals surface area contributed by atoms with Crippen molar-refractivity contribution in [1.82, 2.24) is 10.2 Å². The lowest BCUT2D eigenvalue weighted by Gasteiger charge is -2.02. The summed E-state index contributed by atoms with van der Waals surface area (Å²) >= 11 is 7.88. The van der Waals surface area contributed by atoms with E-state index in [-0.39, 0.29) is 5.91 Å². The van der Waals surface area contributed by atoms with E-state index in [4.69, 9.17) is 0 Å². The summed E-state index contributed by atoms with van der Waals surface area (Å²) < 4.78 is 1.91. The van der Waals surface area contributed by atoms with Crippen molar-refractivity contribution in [3.05, 3.63) is 34.3 Å². The van der Waals surface area contributed by atoms with E-state index in [9.17, 15) is 4.79 Å². The molecule has 0 aliphatic rings. The van der Waals surface area contributed by atoms with Crippen molar-refractivity contribution >= 4 is 61.8 Å². The third-order valence-electron chi connectivity index (χ3n) is 2.24. The first-order valence-corrected chi connectivity index (χ1v) is 9.66. The van der Waals surface area contributed by atoms with Crippen LogP contribution in [-0.2, 0) is 10.5 Å². The van der Waals surface area contributed by atoms with E-state index >= 15 is 0 Å². The number of thioether (sulfide) groups is 2. The number of amides is 1. The van der Waals surface area contributed by atoms with Crippen LogP contribution in [0, 0.1) is 0 Å². The van der Waals surface area contributed by atoms with Crippen LogP contribution in [0.1, 0.15) is 5.56 Å². The van der Waals surface area contributed by atoms with Crippen LogP contribution in [0.5, 0.6) is 0 Å². The molecule has 0 saturated heterocycles. The molecule has 1 N–H and O–H groups in total. The summed E-state index contributed by atoms with van der Waals surface area (Å²) in [6.07, 6.45) is 1.93. The predicted octanol–water partition coefficient (Wildman–Crippen LogP) is 3.89. The SMILES string of the molecule is CSc1nnc(NC(=O)CSCc2ccc(Br)cc2)s1. The maximum atomic E-state index is 11.7. The Labute approximate surface area is 138 Å². The van der Waals surface area contributed by atoms with Crippen LogP contribution in [0.2, 0.25) is 0 Å². The van der Waals surface area contributed by atoms with E-state index in [1.54, 1.807) is 11.8 Å². The zero-order valence-electron chi connectivity index (χ0n) is 10.6.